The highest BCUT2D eigenvalue weighted by atomic mass is 32.1. The Kier molecular flexibility index (Phi) is 4.92. The van der Waals surface area contributed by atoms with E-state index < -0.39 is 0 Å². The summed E-state index contributed by atoms with van der Waals surface area (Å²) in [6.45, 7) is 4.39. The Morgan fingerprint density at radius 1 is 1.38 bits per heavy atom. The Morgan fingerprint density at radius 2 is 2.27 bits per heavy atom. The molecule has 1 atom stereocenters. The summed E-state index contributed by atoms with van der Waals surface area (Å²) < 4.78 is 0. The van der Waals surface area contributed by atoms with Crippen LogP contribution in [-0.2, 0) is 19.3 Å². The fourth-order valence-corrected chi connectivity index (χ4v) is 5.59. The molecule has 1 aliphatic rings. The lowest BCUT2D eigenvalue weighted by atomic mass is 9.88. The number of thiophene rings is 1. The zero-order chi connectivity index (χ0) is 18.1. The lowest BCUT2D eigenvalue weighted by molar-refractivity contribution is 0.102. The Labute approximate surface area is 162 Å². The minimum atomic E-state index is -0.0199. The summed E-state index contributed by atoms with van der Waals surface area (Å²) in [6, 6.07) is 8.50. The summed E-state index contributed by atoms with van der Waals surface area (Å²) in [5.74, 6) is 0.703. The number of aryl methyl sites for hydroxylation is 1. The first kappa shape index (κ1) is 17.4. The van der Waals surface area contributed by atoms with Crippen LogP contribution in [0.15, 0.2) is 35.8 Å². The maximum atomic E-state index is 12.7. The summed E-state index contributed by atoms with van der Waals surface area (Å²) in [7, 11) is 0. The Balaban J connectivity index is 1.45. The molecule has 0 saturated carbocycles. The van der Waals surface area contributed by atoms with Crippen molar-refractivity contribution in [3.05, 3.63) is 67.9 Å². The minimum absolute atomic E-state index is 0.0199. The predicted octanol–water partition coefficient (Wildman–Crippen LogP) is 5.48. The molecular formula is C21H22N2OS2. The van der Waals surface area contributed by atoms with E-state index in [0.29, 0.717) is 5.13 Å². The molecule has 0 spiro atoms. The molecule has 3 nitrogen and oxygen atoms in total. The molecule has 0 fully saturated rings. The van der Waals surface area contributed by atoms with Crippen LogP contribution in [0.2, 0.25) is 0 Å². The molecule has 4 rings (SSSR count). The van der Waals surface area contributed by atoms with Gasteiger partial charge < -0.3 is 0 Å². The van der Waals surface area contributed by atoms with Crippen LogP contribution in [0.5, 0.6) is 0 Å². The highest BCUT2D eigenvalue weighted by Gasteiger charge is 2.23. The van der Waals surface area contributed by atoms with Gasteiger partial charge in [-0.1, -0.05) is 36.8 Å². The molecule has 3 aromatic rings. The van der Waals surface area contributed by atoms with Gasteiger partial charge in [0.1, 0.15) is 0 Å². The molecular weight excluding hydrogens is 360 g/mol. The Hall–Kier alpha value is -1.98. The monoisotopic (exact) mass is 382 g/mol. The molecule has 0 aliphatic heterocycles. The second-order valence-corrected chi connectivity index (χ2v) is 9.23. The molecule has 2 aromatic heterocycles. The number of amides is 1. The van der Waals surface area contributed by atoms with E-state index in [0.717, 1.165) is 35.6 Å². The van der Waals surface area contributed by atoms with Crippen LogP contribution in [0.1, 0.15) is 50.1 Å². The Morgan fingerprint density at radius 3 is 3.12 bits per heavy atom. The fourth-order valence-electron chi connectivity index (χ4n) is 3.50. The molecule has 1 aliphatic carbocycles. The highest BCUT2D eigenvalue weighted by Crippen LogP contribution is 2.33. The number of carbonyl (C=O) groups excluding carboxylic acids is 1. The molecule has 1 amide bonds. The maximum Gasteiger partial charge on any atom is 0.258 e. The van der Waals surface area contributed by atoms with Crippen molar-refractivity contribution >= 4 is 33.7 Å². The van der Waals surface area contributed by atoms with Gasteiger partial charge in [-0.2, -0.15) is 0 Å². The van der Waals surface area contributed by atoms with Crippen LogP contribution in [-0.4, -0.2) is 10.9 Å². The van der Waals surface area contributed by atoms with Gasteiger partial charge in [-0.05, 0) is 43.2 Å². The van der Waals surface area contributed by atoms with Gasteiger partial charge in [0, 0.05) is 27.8 Å². The van der Waals surface area contributed by atoms with Gasteiger partial charge in [0.25, 0.3) is 5.91 Å². The van der Waals surface area contributed by atoms with Crippen molar-refractivity contribution < 1.29 is 4.79 Å². The quantitative estimate of drug-likeness (QED) is 0.649. The van der Waals surface area contributed by atoms with Crippen molar-refractivity contribution in [1.82, 2.24) is 4.98 Å². The number of carbonyl (C=O) groups is 1. The summed E-state index contributed by atoms with van der Waals surface area (Å²) in [6.07, 6.45) is 6.00. The number of fused-ring (bicyclic) bond motifs is 1. The fraction of sp³-hybridized carbons (Fsp3) is 0.333. The third-order valence-corrected chi connectivity index (χ3v) is 6.85. The van der Waals surface area contributed by atoms with Crippen molar-refractivity contribution in [2.75, 3.05) is 5.32 Å². The second-order valence-electron chi connectivity index (χ2n) is 7.15. The van der Waals surface area contributed by atoms with Crippen molar-refractivity contribution in [2.24, 2.45) is 5.92 Å². The molecule has 2 heterocycles. The lowest BCUT2D eigenvalue weighted by Crippen LogP contribution is -2.16. The molecule has 1 unspecified atom stereocenters. The van der Waals surface area contributed by atoms with E-state index in [4.69, 9.17) is 0 Å². The minimum Gasteiger partial charge on any atom is -0.298 e. The first-order valence-corrected chi connectivity index (χ1v) is 10.7. The third-order valence-electron chi connectivity index (χ3n) is 4.88. The summed E-state index contributed by atoms with van der Waals surface area (Å²) in [5.41, 5.74) is 4.62. The molecule has 0 saturated heterocycles. The number of hydrogen-bond donors (Lipinski definition) is 1. The summed E-state index contributed by atoms with van der Waals surface area (Å²) >= 11 is 3.28. The van der Waals surface area contributed by atoms with E-state index in [1.807, 2.05) is 11.6 Å². The van der Waals surface area contributed by atoms with Crippen molar-refractivity contribution in [1.29, 1.82) is 0 Å². The van der Waals surface area contributed by atoms with Crippen LogP contribution < -0.4 is 5.32 Å². The normalized spacial score (nSPS) is 16.3. The molecule has 26 heavy (non-hydrogen) atoms. The van der Waals surface area contributed by atoms with Crippen LogP contribution >= 0.6 is 22.7 Å². The van der Waals surface area contributed by atoms with Gasteiger partial charge in [-0.15, -0.1) is 22.7 Å². The average molecular weight is 383 g/mol. The van der Waals surface area contributed by atoms with Crippen LogP contribution in [0.3, 0.4) is 0 Å². The van der Waals surface area contributed by atoms with E-state index in [1.54, 1.807) is 22.7 Å². The second kappa shape index (κ2) is 7.33. The molecule has 5 heteroatoms. The first-order chi connectivity index (χ1) is 12.6. The Bertz CT molecular complexity index is 941. The number of benzene rings is 1. The van der Waals surface area contributed by atoms with E-state index in [2.05, 4.69) is 48.4 Å². The average Bonchev–Trinajstić information content (AvgIpc) is 3.21. The van der Waals surface area contributed by atoms with Gasteiger partial charge in [-0.25, -0.2) is 4.98 Å². The molecule has 0 radical (unpaired) electrons. The topological polar surface area (TPSA) is 42.0 Å². The number of thiazole rings is 1. The van der Waals surface area contributed by atoms with Gasteiger partial charge in [0.15, 0.2) is 5.13 Å². The van der Waals surface area contributed by atoms with Crippen LogP contribution in [0.25, 0.3) is 0 Å². The number of hydrogen-bond acceptors (Lipinski definition) is 4. The molecule has 0 bridgehead atoms. The summed E-state index contributed by atoms with van der Waals surface area (Å²) in [5, 5.41) is 5.69. The van der Waals surface area contributed by atoms with Crippen LogP contribution in [0.4, 0.5) is 5.13 Å². The summed E-state index contributed by atoms with van der Waals surface area (Å²) in [4.78, 5) is 19.6. The van der Waals surface area contributed by atoms with Crippen molar-refractivity contribution in [3.63, 3.8) is 0 Å². The largest absolute Gasteiger partial charge is 0.298 e. The van der Waals surface area contributed by atoms with Crippen LogP contribution in [0, 0.1) is 12.8 Å². The molecule has 1 N–H and O–H groups in total. The molecule has 134 valence electrons. The first-order valence-electron chi connectivity index (χ1n) is 8.99. The standard InChI is InChI=1S/C21H22N2OS2/c1-13-4-3-5-15(8-13)10-16-11-22-21(26-16)23-20(24)18-12-25-19-9-14(2)6-7-17(18)19/h3-5,8,11-12,14H,6-7,9-10H2,1-2H3,(H,22,23,24). The van der Waals surface area contributed by atoms with E-state index in [9.17, 15) is 4.79 Å². The number of aromatic nitrogens is 1. The lowest BCUT2D eigenvalue weighted by Gasteiger charge is -2.18. The zero-order valence-corrected chi connectivity index (χ0v) is 16.7. The van der Waals surface area contributed by atoms with Gasteiger partial charge >= 0.3 is 0 Å². The SMILES string of the molecule is Cc1cccc(Cc2cnc(NC(=O)c3csc4c3CCC(C)C4)s2)c1. The maximum absolute atomic E-state index is 12.7. The van der Waals surface area contributed by atoms with E-state index in [1.165, 1.54) is 28.0 Å². The third kappa shape index (κ3) is 3.74. The number of anilines is 1. The van der Waals surface area contributed by atoms with Gasteiger partial charge in [0.05, 0.1) is 5.56 Å². The number of nitrogens with zero attached hydrogens (tertiary/aromatic N) is 1. The van der Waals surface area contributed by atoms with Crippen molar-refractivity contribution in [3.8, 4) is 0 Å². The number of rotatable bonds is 4. The van der Waals surface area contributed by atoms with E-state index in [-0.39, 0.29) is 5.91 Å². The molecule has 1 aromatic carbocycles. The van der Waals surface area contributed by atoms with Gasteiger partial charge in [0.2, 0.25) is 0 Å². The number of nitrogens with one attached hydrogen (secondary N) is 1. The smallest absolute Gasteiger partial charge is 0.258 e. The van der Waals surface area contributed by atoms with Gasteiger partial charge in [-0.3, -0.25) is 10.1 Å². The van der Waals surface area contributed by atoms with Crippen molar-refractivity contribution in [2.45, 2.75) is 39.5 Å². The predicted molar refractivity (Wildman–Crippen MR) is 110 cm³/mol. The highest BCUT2D eigenvalue weighted by molar-refractivity contribution is 7.15. The zero-order valence-electron chi connectivity index (χ0n) is 15.0. The van der Waals surface area contributed by atoms with E-state index >= 15 is 0 Å².